The molecule has 1 aromatic rings. The van der Waals surface area contributed by atoms with E-state index < -0.39 is 0 Å². The zero-order valence-corrected chi connectivity index (χ0v) is 12.6. The van der Waals surface area contributed by atoms with Gasteiger partial charge in [0.25, 0.3) is 0 Å². The van der Waals surface area contributed by atoms with Crippen LogP contribution in [0.2, 0.25) is 0 Å². The molecular formula is C12H19N5OS. The van der Waals surface area contributed by atoms with Gasteiger partial charge in [-0.05, 0) is 13.3 Å². The second-order valence-corrected chi connectivity index (χ2v) is 5.52. The maximum Gasteiger partial charge on any atom is 0.325 e. The third-order valence-corrected chi connectivity index (χ3v) is 3.64. The van der Waals surface area contributed by atoms with Crippen molar-refractivity contribution in [3.8, 4) is 6.07 Å². The van der Waals surface area contributed by atoms with Gasteiger partial charge < -0.3 is 4.90 Å². The molecule has 0 bridgehead atoms. The minimum Gasteiger partial charge on any atom is -0.327 e. The van der Waals surface area contributed by atoms with Crippen LogP contribution in [0.5, 0.6) is 0 Å². The van der Waals surface area contributed by atoms with E-state index in [0.29, 0.717) is 18.1 Å². The van der Waals surface area contributed by atoms with Gasteiger partial charge in [0.15, 0.2) is 0 Å². The van der Waals surface area contributed by atoms with Crippen LogP contribution in [0.4, 0.5) is 9.93 Å². The Kier molecular flexibility index (Phi) is 5.70. The first kappa shape index (κ1) is 15.4. The highest BCUT2D eigenvalue weighted by Crippen LogP contribution is 2.22. The first-order valence-corrected chi connectivity index (χ1v) is 7.02. The fourth-order valence-corrected chi connectivity index (χ4v) is 2.46. The fraction of sp³-hybridized carbons (Fsp3) is 0.667. The Morgan fingerprint density at radius 1 is 1.47 bits per heavy atom. The summed E-state index contributed by atoms with van der Waals surface area (Å²) in [6, 6.07) is 2.06. The van der Waals surface area contributed by atoms with Crippen molar-refractivity contribution in [1.82, 2.24) is 15.1 Å². The number of nitriles is 1. The smallest absolute Gasteiger partial charge is 0.325 e. The van der Waals surface area contributed by atoms with E-state index in [1.807, 2.05) is 13.8 Å². The molecule has 104 valence electrons. The summed E-state index contributed by atoms with van der Waals surface area (Å²) in [6.07, 6.45) is 1.48. The zero-order valence-electron chi connectivity index (χ0n) is 11.8. The van der Waals surface area contributed by atoms with Crippen LogP contribution in [0.1, 0.15) is 25.3 Å². The number of rotatable bonds is 5. The van der Waals surface area contributed by atoms with E-state index in [0.717, 1.165) is 11.4 Å². The number of aromatic nitrogens is 2. The Labute approximate surface area is 117 Å². The molecule has 1 heterocycles. The number of carbonyl (C=O) groups is 1. The summed E-state index contributed by atoms with van der Waals surface area (Å²) in [5.74, 6) is -0.0930. The molecule has 0 aliphatic heterocycles. The Hall–Kier alpha value is -1.68. The van der Waals surface area contributed by atoms with Gasteiger partial charge in [0, 0.05) is 33.0 Å². The molecule has 0 aromatic carbocycles. The normalized spacial score (nSPS) is 11.7. The molecule has 0 saturated carbocycles. The Bertz CT molecular complexity index is 467. The Balaban J connectivity index is 2.70. The first-order chi connectivity index (χ1) is 8.99. The van der Waals surface area contributed by atoms with Gasteiger partial charge in [-0.15, -0.1) is 10.2 Å². The number of amides is 2. The van der Waals surface area contributed by atoms with Crippen LogP contribution in [-0.4, -0.2) is 41.8 Å². The maximum absolute atomic E-state index is 12.1. The summed E-state index contributed by atoms with van der Waals surface area (Å²) in [7, 11) is 3.45. The molecule has 0 radical (unpaired) electrons. The summed E-state index contributed by atoms with van der Waals surface area (Å²) in [4.78, 5) is 15.2. The summed E-state index contributed by atoms with van der Waals surface area (Å²) in [5.41, 5.74) is 0. The summed E-state index contributed by atoms with van der Waals surface area (Å²) in [5, 5.41) is 18.1. The van der Waals surface area contributed by atoms with Crippen molar-refractivity contribution in [2.45, 2.75) is 26.7 Å². The van der Waals surface area contributed by atoms with E-state index in [1.165, 1.54) is 16.2 Å². The van der Waals surface area contributed by atoms with Gasteiger partial charge in [0.2, 0.25) is 5.13 Å². The minimum absolute atomic E-state index is 0.0930. The van der Waals surface area contributed by atoms with E-state index in [-0.39, 0.29) is 11.9 Å². The fourth-order valence-electron chi connectivity index (χ4n) is 1.54. The summed E-state index contributed by atoms with van der Waals surface area (Å²) < 4.78 is 0. The largest absolute Gasteiger partial charge is 0.327 e. The van der Waals surface area contributed by atoms with Gasteiger partial charge in [-0.1, -0.05) is 18.3 Å². The van der Waals surface area contributed by atoms with Crippen LogP contribution in [0, 0.1) is 17.2 Å². The van der Waals surface area contributed by atoms with Gasteiger partial charge in [-0.3, -0.25) is 4.90 Å². The van der Waals surface area contributed by atoms with E-state index >= 15 is 0 Å². The third kappa shape index (κ3) is 4.17. The summed E-state index contributed by atoms with van der Waals surface area (Å²) in [6.45, 7) is 4.57. The quantitative estimate of drug-likeness (QED) is 0.828. The highest BCUT2D eigenvalue weighted by molar-refractivity contribution is 7.15. The molecule has 0 saturated heterocycles. The number of hydrogen-bond donors (Lipinski definition) is 0. The molecule has 0 aliphatic rings. The van der Waals surface area contributed by atoms with Crippen molar-refractivity contribution in [2.24, 2.45) is 5.92 Å². The highest BCUT2D eigenvalue weighted by atomic mass is 32.1. The molecule has 1 atom stereocenters. The summed E-state index contributed by atoms with van der Waals surface area (Å²) >= 11 is 1.35. The van der Waals surface area contributed by atoms with Crippen LogP contribution in [-0.2, 0) is 6.42 Å². The molecule has 1 aromatic heterocycles. The topological polar surface area (TPSA) is 73.1 Å². The number of nitrogens with zero attached hydrogens (tertiary/aromatic N) is 5. The zero-order chi connectivity index (χ0) is 14.4. The molecular weight excluding hydrogens is 262 g/mol. The first-order valence-electron chi connectivity index (χ1n) is 6.20. The molecule has 7 heteroatoms. The van der Waals surface area contributed by atoms with Gasteiger partial charge in [0.1, 0.15) is 5.01 Å². The SMILES string of the molecule is CCCN(C)C(=O)N(C)c1nnc(CC(C)C#N)s1. The van der Waals surface area contributed by atoms with E-state index in [9.17, 15) is 4.79 Å². The van der Waals surface area contributed by atoms with Crippen molar-refractivity contribution in [3.63, 3.8) is 0 Å². The molecule has 0 aliphatic carbocycles. The monoisotopic (exact) mass is 281 g/mol. The maximum atomic E-state index is 12.1. The molecule has 6 nitrogen and oxygen atoms in total. The van der Waals surface area contributed by atoms with Crippen LogP contribution >= 0.6 is 11.3 Å². The van der Waals surface area contributed by atoms with E-state index in [1.54, 1.807) is 19.0 Å². The molecule has 1 unspecified atom stereocenters. The molecule has 0 N–H and O–H groups in total. The molecule has 0 spiro atoms. The lowest BCUT2D eigenvalue weighted by Crippen LogP contribution is -2.39. The average Bonchev–Trinajstić information content (AvgIpc) is 2.85. The molecule has 1 rings (SSSR count). The van der Waals surface area contributed by atoms with Gasteiger partial charge in [-0.25, -0.2) is 4.79 Å². The Morgan fingerprint density at radius 3 is 2.74 bits per heavy atom. The molecule has 0 fully saturated rings. The van der Waals surface area contributed by atoms with Crippen LogP contribution in [0.3, 0.4) is 0 Å². The number of carbonyl (C=O) groups excluding carboxylic acids is 1. The second-order valence-electron chi connectivity index (χ2n) is 4.48. The highest BCUT2D eigenvalue weighted by Gasteiger charge is 2.19. The van der Waals surface area contributed by atoms with Crippen molar-refractivity contribution in [3.05, 3.63) is 5.01 Å². The van der Waals surface area contributed by atoms with Crippen molar-refractivity contribution in [2.75, 3.05) is 25.5 Å². The number of urea groups is 1. The van der Waals surface area contributed by atoms with Gasteiger partial charge in [0.05, 0.1) is 6.07 Å². The third-order valence-electron chi connectivity index (χ3n) is 2.62. The predicted octanol–water partition coefficient (Wildman–Crippen LogP) is 2.14. The van der Waals surface area contributed by atoms with E-state index in [4.69, 9.17) is 5.26 Å². The van der Waals surface area contributed by atoms with Crippen LogP contribution < -0.4 is 4.90 Å². The average molecular weight is 281 g/mol. The Morgan fingerprint density at radius 2 is 2.16 bits per heavy atom. The lowest BCUT2D eigenvalue weighted by atomic mass is 10.1. The second kappa shape index (κ2) is 7.04. The van der Waals surface area contributed by atoms with Gasteiger partial charge >= 0.3 is 6.03 Å². The number of anilines is 1. The standard InChI is InChI=1S/C12H19N5OS/c1-5-6-16(3)12(18)17(4)11-15-14-10(19-11)7-9(2)8-13/h9H,5-7H2,1-4H3. The van der Waals surface area contributed by atoms with Crippen LogP contribution in [0.25, 0.3) is 0 Å². The van der Waals surface area contributed by atoms with Crippen molar-refractivity contribution < 1.29 is 4.79 Å². The van der Waals surface area contributed by atoms with Crippen molar-refractivity contribution >= 4 is 22.5 Å². The van der Waals surface area contributed by atoms with Crippen molar-refractivity contribution in [1.29, 1.82) is 5.26 Å². The lowest BCUT2D eigenvalue weighted by molar-refractivity contribution is 0.217. The number of hydrogen-bond acceptors (Lipinski definition) is 5. The molecule has 2 amide bonds. The van der Waals surface area contributed by atoms with E-state index in [2.05, 4.69) is 16.3 Å². The predicted molar refractivity (Wildman–Crippen MR) is 75.1 cm³/mol. The molecule has 19 heavy (non-hydrogen) atoms. The minimum atomic E-state index is -0.0992. The lowest BCUT2D eigenvalue weighted by Gasteiger charge is -2.22. The van der Waals surface area contributed by atoms with Crippen LogP contribution in [0.15, 0.2) is 0 Å². The van der Waals surface area contributed by atoms with Gasteiger partial charge in [-0.2, -0.15) is 5.26 Å².